The van der Waals surface area contributed by atoms with Gasteiger partial charge >= 0.3 is 6.18 Å². The molecule has 2 N–H and O–H groups in total. The summed E-state index contributed by atoms with van der Waals surface area (Å²) in [5, 5.41) is 12.7. The Labute approximate surface area is 113 Å². The zero-order valence-electron chi connectivity index (χ0n) is 9.11. The maximum absolute atomic E-state index is 12.6. The van der Waals surface area contributed by atoms with Gasteiger partial charge in [-0.05, 0) is 28.1 Å². The number of nitrogens with two attached hydrogens (primary N) is 1. The molecule has 2 aromatic heterocycles. The third-order valence-corrected chi connectivity index (χ3v) is 2.81. The van der Waals surface area contributed by atoms with E-state index in [4.69, 9.17) is 11.0 Å². The van der Waals surface area contributed by atoms with Crippen LogP contribution in [0.25, 0.3) is 5.82 Å². The minimum atomic E-state index is -4.60. The van der Waals surface area contributed by atoms with Crippen LogP contribution >= 0.6 is 15.9 Å². The first-order valence-electron chi connectivity index (χ1n) is 4.82. The molecule has 98 valence electrons. The first-order chi connectivity index (χ1) is 8.82. The summed E-state index contributed by atoms with van der Waals surface area (Å²) in [6, 6.07) is 3.53. The van der Waals surface area contributed by atoms with Gasteiger partial charge in [-0.2, -0.15) is 18.4 Å². The molecule has 19 heavy (non-hydrogen) atoms. The van der Waals surface area contributed by atoms with Crippen molar-refractivity contribution in [2.24, 2.45) is 0 Å². The van der Waals surface area contributed by atoms with Gasteiger partial charge in [-0.1, -0.05) is 0 Å². The van der Waals surface area contributed by atoms with E-state index in [1.807, 2.05) is 0 Å². The van der Waals surface area contributed by atoms with Crippen molar-refractivity contribution in [1.82, 2.24) is 14.8 Å². The number of nitrogens with zero attached hydrogens (tertiary/aromatic N) is 4. The van der Waals surface area contributed by atoms with Crippen molar-refractivity contribution in [3.8, 4) is 11.9 Å². The standard InChI is InChI=1S/C10H5BrF3N5/c11-6-4-19(18-8(6)16)9-5(3-15)1-2-7(17-9)10(12,13)14/h1-2,4H,(H2,16,18). The van der Waals surface area contributed by atoms with Gasteiger partial charge in [0.2, 0.25) is 0 Å². The van der Waals surface area contributed by atoms with Crippen molar-refractivity contribution in [3.63, 3.8) is 0 Å². The molecular formula is C10H5BrF3N5. The van der Waals surface area contributed by atoms with Gasteiger partial charge in [0.15, 0.2) is 11.6 Å². The molecule has 2 heterocycles. The van der Waals surface area contributed by atoms with Gasteiger partial charge < -0.3 is 5.73 Å². The first-order valence-corrected chi connectivity index (χ1v) is 5.61. The lowest BCUT2D eigenvalue weighted by Crippen LogP contribution is -2.12. The number of halogens is 4. The van der Waals surface area contributed by atoms with Crippen molar-refractivity contribution in [2.75, 3.05) is 5.73 Å². The molecule has 0 unspecified atom stereocenters. The SMILES string of the molecule is N#Cc1ccc(C(F)(F)F)nc1-n1cc(Br)c(N)n1. The highest BCUT2D eigenvalue weighted by atomic mass is 79.9. The number of aromatic nitrogens is 3. The molecule has 0 aliphatic rings. The number of nitrogen functional groups attached to an aromatic ring is 1. The van der Waals surface area contributed by atoms with E-state index in [0.717, 1.165) is 16.8 Å². The Morgan fingerprint density at radius 1 is 1.37 bits per heavy atom. The molecular weight excluding hydrogens is 327 g/mol. The smallest absolute Gasteiger partial charge is 0.381 e. The molecule has 0 radical (unpaired) electrons. The second kappa shape index (κ2) is 4.55. The number of pyridine rings is 1. The number of nitriles is 1. The maximum atomic E-state index is 12.6. The number of hydrogen-bond acceptors (Lipinski definition) is 4. The van der Waals surface area contributed by atoms with Gasteiger partial charge in [0.1, 0.15) is 11.8 Å². The molecule has 0 atom stereocenters. The molecule has 0 amide bonds. The Kier molecular flexibility index (Phi) is 3.20. The number of alkyl halides is 3. The van der Waals surface area contributed by atoms with Crippen LogP contribution in [0.4, 0.5) is 19.0 Å². The zero-order valence-corrected chi connectivity index (χ0v) is 10.7. The fraction of sp³-hybridized carbons (Fsp3) is 0.100. The summed E-state index contributed by atoms with van der Waals surface area (Å²) in [6.07, 6.45) is -3.27. The largest absolute Gasteiger partial charge is 0.433 e. The average Bonchev–Trinajstić information content (AvgIpc) is 2.67. The minimum Gasteiger partial charge on any atom is -0.381 e. The quantitative estimate of drug-likeness (QED) is 0.870. The summed E-state index contributed by atoms with van der Waals surface area (Å²) in [6.45, 7) is 0. The van der Waals surface area contributed by atoms with Crippen LogP contribution in [0.2, 0.25) is 0 Å². The molecule has 0 aliphatic carbocycles. The van der Waals surface area contributed by atoms with Gasteiger partial charge in [-0.3, -0.25) is 0 Å². The van der Waals surface area contributed by atoms with Crippen LogP contribution in [0.1, 0.15) is 11.3 Å². The van der Waals surface area contributed by atoms with E-state index in [2.05, 4.69) is 26.0 Å². The van der Waals surface area contributed by atoms with Crippen LogP contribution in [0, 0.1) is 11.3 Å². The van der Waals surface area contributed by atoms with Gasteiger partial charge in [0.05, 0.1) is 10.0 Å². The van der Waals surface area contributed by atoms with E-state index in [9.17, 15) is 13.2 Å². The van der Waals surface area contributed by atoms with Crippen molar-refractivity contribution in [2.45, 2.75) is 6.18 Å². The van der Waals surface area contributed by atoms with E-state index in [0.29, 0.717) is 4.47 Å². The molecule has 9 heteroatoms. The van der Waals surface area contributed by atoms with Gasteiger partial charge in [-0.15, -0.1) is 5.10 Å². The number of anilines is 1. The molecule has 0 aliphatic heterocycles. The summed E-state index contributed by atoms with van der Waals surface area (Å²) in [7, 11) is 0. The van der Waals surface area contributed by atoms with E-state index in [1.165, 1.54) is 6.20 Å². The van der Waals surface area contributed by atoms with Gasteiger partial charge in [0.25, 0.3) is 0 Å². The van der Waals surface area contributed by atoms with E-state index in [-0.39, 0.29) is 17.2 Å². The highest BCUT2D eigenvalue weighted by Crippen LogP contribution is 2.29. The molecule has 0 saturated heterocycles. The zero-order chi connectivity index (χ0) is 14.2. The fourth-order valence-corrected chi connectivity index (χ4v) is 1.62. The minimum absolute atomic E-state index is 0.0389. The third-order valence-electron chi connectivity index (χ3n) is 2.20. The Morgan fingerprint density at radius 2 is 2.05 bits per heavy atom. The molecule has 0 fully saturated rings. The Morgan fingerprint density at radius 3 is 2.53 bits per heavy atom. The molecule has 5 nitrogen and oxygen atoms in total. The Bertz CT molecular complexity index is 651. The van der Waals surface area contributed by atoms with Crippen LogP contribution in [-0.2, 0) is 6.18 Å². The monoisotopic (exact) mass is 331 g/mol. The highest BCUT2D eigenvalue weighted by Gasteiger charge is 2.33. The molecule has 2 rings (SSSR count). The molecule has 0 saturated carbocycles. The lowest BCUT2D eigenvalue weighted by molar-refractivity contribution is -0.141. The third kappa shape index (κ3) is 2.53. The van der Waals surface area contributed by atoms with Gasteiger partial charge in [-0.25, -0.2) is 9.67 Å². The number of hydrogen-bond donors (Lipinski definition) is 1. The van der Waals surface area contributed by atoms with Crippen LogP contribution in [0.5, 0.6) is 0 Å². The van der Waals surface area contributed by atoms with Crippen LogP contribution in [0.3, 0.4) is 0 Å². The normalized spacial score (nSPS) is 11.3. The number of rotatable bonds is 1. The molecule has 0 spiro atoms. The lowest BCUT2D eigenvalue weighted by atomic mass is 10.2. The second-order valence-corrected chi connectivity index (χ2v) is 4.34. The fourth-order valence-electron chi connectivity index (χ4n) is 1.34. The predicted molar refractivity (Wildman–Crippen MR) is 63.2 cm³/mol. The van der Waals surface area contributed by atoms with Crippen molar-refractivity contribution in [3.05, 3.63) is 34.1 Å². The molecule has 2 aromatic rings. The topological polar surface area (TPSA) is 80.5 Å². The maximum Gasteiger partial charge on any atom is 0.433 e. The van der Waals surface area contributed by atoms with Crippen molar-refractivity contribution >= 4 is 21.7 Å². The molecule has 0 bridgehead atoms. The van der Waals surface area contributed by atoms with Gasteiger partial charge in [0, 0.05) is 6.20 Å². The highest BCUT2D eigenvalue weighted by molar-refractivity contribution is 9.10. The predicted octanol–water partition coefficient (Wildman–Crippen LogP) is 2.50. The summed E-state index contributed by atoms with van der Waals surface area (Å²) < 4.78 is 39.2. The molecule has 0 aromatic carbocycles. The average molecular weight is 332 g/mol. The Hall–Kier alpha value is -2.08. The van der Waals surface area contributed by atoms with E-state index >= 15 is 0 Å². The summed E-state index contributed by atoms with van der Waals surface area (Å²) in [5.74, 6) is -0.141. The van der Waals surface area contributed by atoms with E-state index < -0.39 is 11.9 Å². The van der Waals surface area contributed by atoms with Crippen LogP contribution in [-0.4, -0.2) is 14.8 Å². The van der Waals surface area contributed by atoms with Crippen molar-refractivity contribution in [1.29, 1.82) is 5.26 Å². The van der Waals surface area contributed by atoms with Crippen molar-refractivity contribution < 1.29 is 13.2 Å². The summed E-state index contributed by atoms with van der Waals surface area (Å²) >= 11 is 3.08. The van der Waals surface area contributed by atoms with E-state index in [1.54, 1.807) is 6.07 Å². The lowest BCUT2D eigenvalue weighted by Gasteiger charge is -2.08. The summed E-state index contributed by atoms with van der Waals surface area (Å²) in [5.41, 5.74) is 4.34. The Balaban J connectivity index is 2.64. The summed E-state index contributed by atoms with van der Waals surface area (Å²) in [4.78, 5) is 3.42. The first kappa shape index (κ1) is 13.4. The van der Waals surface area contributed by atoms with Crippen LogP contribution < -0.4 is 5.73 Å². The van der Waals surface area contributed by atoms with Crippen LogP contribution in [0.15, 0.2) is 22.8 Å². The second-order valence-electron chi connectivity index (χ2n) is 3.48.